The van der Waals surface area contributed by atoms with Crippen LogP contribution in [0, 0.1) is 23.4 Å². The molecule has 0 aromatic heterocycles. The molecule has 3 N–H and O–H groups in total. The van der Waals surface area contributed by atoms with Gasteiger partial charge in [-0.25, -0.2) is 18.0 Å². The molecule has 5 nitrogen and oxygen atoms in total. The summed E-state index contributed by atoms with van der Waals surface area (Å²) >= 11 is 0. The Labute approximate surface area is 138 Å². The molecule has 1 aromatic carbocycles. The van der Waals surface area contributed by atoms with Crippen LogP contribution in [0.3, 0.4) is 0 Å². The van der Waals surface area contributed by atoms with E-state index in [0.29, 0.717) is 31.0 Å². The lowest BCUT2D eigenvalue weighted by Crippen LogP contribution is -2.39. The van der Waals surface area contributed by atoms with E-state index >= 15 is 0 Å². The predicted octanol–water partition coefficient (Wildman–Crippen LogP) is 2.32. The van der Waals surface area contributed by atoms with Crippen LogP contribution in [0.2, 0.25) is 0 Å². The first-order chi connectivity index (χ1) is 11.5. The third-order valence-corrected chi connectivity index (χ3v) is 4.06. The molecule has 0 bridgehead atoms. The summed E-state index contributed by atoms with van der Waals surface area (Å²) in [6, 6.07) is 0.318. The zero-order chi connectivity index (χ0) is 17.5. The molecule has 1 fully saturated rings. The Bertz CT molecular complexity index is 572. The Morgan fingerprint density at radius 1 is 1.25 bits per heavy atom. The first-order valence-electron chi connectivity index (χ1n) is 8.02. The molecule has 0 spiro atoms. The lowest BCUT2D eigenvalue weighted by atomic mass is 9.99. The van der Waals surface area contributed by atoms with E-state index in [1.54, 1.807) is 0 Å². The van der Waals surface area contributed by atoms with Crippen LogP contribution in [-0.4, -0.2) is 48.8 Å². The molecular weight excluding hydrogens is 323 g/mol. The molecule has 1 atom stereocenters. The summed E-state index contributed by atoms with van der Waals surface area (Å²) in [4.78, 5) is 13.9. The summed E-state index contributed by atoms with van der Waals surface area (Å²) < 4.78 is 39.3. The third-order valence-electron chi connectivity index (χ3n) is 4.06. The number of aliphatic hydroxyl groups is 1. The summed E-state index contributed by atoms with van der Waals surface area (Å²) in [6.45, 7) is 3.18. The molecule has 1 unspecified atom stereocenters. The first-order valence-corrected chi connectivity index (χ1v) is 8.02. The van der Waals surface area contributed by atoms with Crippen LogP contribution < -0.4 is 10.6 Å². The molecular formula is C16H22F3N3O2. The molecule has 2 amide bonds. The van der Waals surface area contributed by atoms with E-state index in [2.05, 4.69) is 15.5 Å². The number of piperidine rings is 1. The van der Waals surface area contributed by atoms with Gasteiger partial charge in [-0.05, 0) is 38.3 Å². The highest BCUT2D eigenvalue weighted by Crippen LogP contribution is 2.18. The van der Waals surface area contributed by atoms with Gasteiger partial charge in [-0.1, -0.05) is 0 Å². The van der Waals surface area contributed by atoms with Gasteiger partial charge >= 0.3 is 6.03 Å². The maximum absolute atomic E-state index is 13.4. The van der Waals surface area contributed by atoms with Gasteiger partial charge in [0, 0.05) is 31.8 Å². The van der Waals surface area contributed by atoms with Crippen LogP contribution in [0.15, 0.2) is 12.1 Å². The molecule has 1 saturated heterocycles. The average Bonchev–Trinajstić information content (AvgIpc) is 2.57. The van der Waals surface area contributed by atoms with Crippen LogP contribution in [-0.2, 0) is 0 Å². The Morgan fingerprint density at radius 3 is 2.75 bits per heavy atom. The molecule has 0 saturated carbocycles. The fourth-order valence-electron chi connectivity index (χ4n) is 2.79. The van der Waals surface area contributed by atoms with Crippen molar-refractivity contribution in [2.24, 2.45) is 5.92 Å². The van der Waals surface area contributed by atoms with E-state index in [1.807, 2.05) is 0 Å². The molecule has 0 aliphatic carbocycles. The van der Waals surface area contributed by atoms with Gasteiger partial charge in [0.15, 0.2) is 11.6 Å². The summed E-state index contributed by atoms with van der Waals surface area (Å²) in [7, 11) is 0. The average molecular weight is 345 g/mol. The standard InChI is InChI=1S/C16H22F3N3O2/c17-12-7-14(19)15(8-13(12)18)21-16(24)20-4-2-6-22-5-1-3-11(9-22)10-23/h7-8,11,23H,1-6,9-10H2,(H2,20,21,24). The second-order valence-electron chi connectivity index (χ2n) is 5.97. The van der Waals surface area contributed by atoms with Crippen molar-refractivity contribution >= 4 is 11.7 Å². The minimum Gasteiger partial charge on any atom is -0.396 e. The number of nitrogens with zero attached hydrogens (tertiary/aromatic N) is 1. The number of likely N-dealkylation sites (tertiary alicyclic amines) is 1. The number of amides is 2. The molecule has 24 heavy (non-hydrogen) atoms. The van der Waals surface area contributed by atoms with Crippen molar-refractivity contribution in [1.29, 1.82) is 0 Å². The first kappa shape index (κ1) is 18.5. The van der Waals surface area contributed by atoms with Gasteiger partial charge in [0.25, 0.3) is 0 Å². The second kappa shape index (κ2) is 8.89. The molecule has 1 aromatic rings. The maximum Gasteiger partial charge on any atom is 0.319 e. The number of carbonyl (C=O) groups is 1. The number of rotatable bonds is 6. The fraction of sp³-hybridized carbons (Fsp3) is 0.562. The van der Waals surface area contributed by atoms with Gasteiger partial charge in [-0.15, -0.1) is 0 Å². The van der Waals surface area contributed by atoms with Crippen molar-refractivity contribution in [3.63, 3.8) is 0 Å². The van der Waals surface area contributed by atoms with Crippen molar-refractivity contribution in [3.05, 3.63) is 29.6 Å². The van der Waals surface area contributed by atoms with Crippen LogP contribution >= 0.6 is 0 Å². The number of hydrogen-bond donors (Lipinski definition) is 3. The van der Waals surface area contributed by atoms with Crippen LogP contribution in [0.5, 0.6) is 0 Å². The van der Waals surface area contributed by atoms with E-state index < -0.39 is 29.2 Å². The molecule has 2 rings (SSSR count). The van der Waals surface area contributed by atoms with Gasteiger partial charge in [0.2, 0.25) is 0 Å². The molecule has 1 aliphatic heterocycles. The minimum absolute atomic E-state index is 0.191. The number of nitrogens with one attached hydrogen (secondary N) is 2. The van der Waals surface area contributed by atoms with Crippen LogP contribution in [0.4, 0.5) is 23.7 Å². The van der Waals surface area contributed by atoms with Crippen molar-refractivity contribution in [1.82, 2.24) is 10.2 Å². The van der Waals surface area contributed by atoms with E-state index in [-0.39, 0.29) is 6.61 Å². The van der Waals surface area contributed by atoms with E-state index in [4.69, 9.17) is 0 Å². The zero-order valence-corrected chi connectivity index (χ0v) is 13.3. The highest BCUT2D eigenvalue weighted by atomic mass is 19.2. The second-order valence-corrected chi connectivity index (χ2v) is 5.97. The summed E-state index contributed by atoms with van der Waals surface area (Å²) in [5.74, 6) is -3.25. The minimum atomic E-state index is -1.30. The van der Waals surface area contributed by atoms with Gasteiger partial charge in [0.1, 0.15) is 5.82 Å². The predicted molar refractivity (Wildman–Crippen MR) is 84.2 cm³/mol. The highest BCUT2D eigenvalue weighted by Gasteiger charge is 2.18. The summed E-state index contributed by atoms with van der Waals surface area (Å²) in [6.07, 6.45) is 2.79. The molecule has 134 valence electrons. The van der Waals surface area contributed by atoms with E-state index in [9.17, 15) is 23.1 Å². The highest BCUT2D eigenvalue weighted by molar-refractivity contribution is 5.89. The van der Waals surface area contributed by atoms with Crippen molar-refractivity contribution in [2.45, 2.75) is 19.3 Å². The fourth-order valence-corrected chi connectivity index (χ4v) is 2.79. The molecule has 1 heterocycles. The summed E-state index contributed by atoms with van der Waals surface area (Å²) in [5, 5.41) is 13.9. The topological polar surface area (TPSA) is 64.6 Å². The van der Waals surface area contributed by atoms with E-state index in [0.717, 1.165) is 32.5 Å². The van der Waals surface area contributed by atoms with E-state index in [1.165, 1.54) is 0 Å². The maximum atomic E-state index is 13.4. The van der Waals surface area contributed by atoms with Gasteiger partial charge in [0.05, 0.1) is 5.69 Å². The van der Waals surface area contributed by atoms with Crippen molar-refractivity contribution in [3.8, 4) is 0 Å². The molecule has 8 heteroatoms. The lowest BCUT2D eigenvalue weighted by Gasteiger charge is -2.31. The lowest BCUT2D eigenvalue weighted by molar-refractivity contribution is 0.120. The number of aliphatic hydroxyl groups excluding tert-OH is 1. The quantitative estimate of drug-likeness (QED) is 0.548. The number of anilines is 1. The van der Waals surface area contributed by atoms with Gasteiger partial charge < -0.3 is 20.6 Å². The number of benzene rings is 1. The van der Waals surface area contributed by atoms with Crippen molar-refractivity contribution < 1.29 is 23.1 Å². The van der Waals surface area contributed by atoms with Crippen molar-refractivity contribution in [2.75, 3.05) is 38.1 Å². The Kier molecular flexibility index (Phi) is 6.86. The molecule has 0 radical (unpaired) electrons. The smallest absolute Gasteiger partial charge is 0.319 e. The largest absolute Gasteiger partial charge is 0.396 e. The SMILES string of the molecule is O=C(NCCCN1CCCC(CO)C1)Nc1cc(F)c(F)cc1F. The number of carbonyl (C=O) groups excluding carboxylic acids is 1. The number of halogens is 3. The summed E-state index contributed by atoms with van der Waals surface area (Å²) in [5.41, 5.74) is -0.409. The van der Waals surface area contributed by atoms with Crippen LogP contribution in [0.1, 0.15) is 19.3 Å². The Hall–Kier alpha value is -1.80. The third kappa shape index (κ3) is 5.38. The van der Waals surface area contributed by atoms with Gasteiger partial charge in [-0.2, -0.15) is 0 Å². The number of urea groups is 1. The number of hydrogen-bond acceptors (Lipinski definition) is 3. The van der Waals surface area contributed by atoms with Gasteiger partial charge in [-0.3, -0.25) is 0 Å². The zero-order valence-electron chi connectivity index (χ0n) is 13.3. The monoisotopic (exact) mass is 345 g/mol. The Morgan fingerprint density at radius 2 is 2.00 bits per heavy atom. The van der Waals surface area contributed by atoms with Crippen LogP contribution in [0.25, 0.3) is 0 Å². The molecule has 1 aliphatic rings. The Balaban J connectivity index is 1.69. The normalized spacial score (nSPS) is 18.4.